The summed E-state index contributed by atoms with van der Waals surface area (Å²) >= 11 is 0. The number of carboxylic acid groups (broad SMARTS) is 2. The van der Waals surface area contributed by atoms with E-state index in [1.807, 2.05) is 0 Å². The summed E-state index contributed by atoms with van der Waals surface area (Å²) in [6.45, 7) is 2.50. The molecule has 2 N–H and O–H groups in total. The summed E-state index contributed by atoms with van der Waals surface area (Å²) in [5, 5.41) is 13.9. The smallest absolute Gasteiger partial charge is 0.450 e. The molecule has 0 aromatic rings. The fraction of sp³-hybridized carbons (Fsp3) is 0.929. The van der Waals surface area contributed by atoms with Gasteiger partial charge in [-0.1, -0.05) is 26.2 Å². The van der Waals surface area contributed by atoms with Crippen molar-refractivity contribution < 1.29 is 15.0 Å². The Morgan fingerprint density at radius 3 is 2.18 bits per heavy atom. The molecule has 17 heavy (non-hydrogen) atoms. The van der Waals surface area contributed by atoms with Gasteiger partial charge < -0.3 is 10.2 Å². The molecule has 3 heteroatoms. The van der Waals surface area contributed by atoms with E-state index >= 15 is 0 Å². The molecule has 3 aliphatic rings. The Morgan fingerprint density at radius 2 is 1.71 bits per heavy atom. The van der Waals surface area contributed by atoms with E-state index in [-0.39, 0.29) is 0 Å². The van der Waals surface area contributed by atoms with Crippen molar-refractivity contribution in [3.8, 4) is 0 Å². The van der Waals surface area contributed by atoms with Gasteiger partial charge in [-0.05, 0) is 55.3 Å². The van der Waals surface area contributed by atoms with Gasteiger partial charge in [0.15, 0.2) is 0 Å². The van der Waals surface area contributed by atoms with Crippen LogP contribution in [0.1, 0.15) is 58.3 Å². The van der Waals surface area contributed by atoms with Crippen LogP contribution in [-0.4, -0.2) is 16.4 Å². The van der Waals surface area contributed by atoms with E-state index in [2.05, 4.69) is 6.92 Å². The molecule has 0 aromatic heterocycles. The second kappa shape index (κ2) is 4.87. The lowest BCUT2D eigenvalue weighted by atomic mass is 9.83. The Balaban J connectivity index is 0.000000239. The first-order chi connectivity index (χ1) is 8.04. The van der Waals surface area contributed by atoms with Gasteiger partial charge in [-0.25, -0.2) is 4.79 Å². The zero-order chi connectivity index (χ0) is 12.5. The fourth-order valence-electron chi connectivity index (χ4n) is 3.75. The lowest BCUT2D eigenvalue weighted by Crippen LogP contribution is -2.14. The molecule has 2 atom stereocenters. The highest BCUT2D eigenvalue weighted by Crippen LogP contribution is 2.65. The Bertz CT molecular complexity index is 275. The van der Waals surface area contributed by atoms with E-state index < -0.39 is 6.16 Å². The number of rotatable bonds is 3. The van der Waals surface area contributed by atoms with Crippen molar-refractivity contribution in [1.82, 2.24) is 0 Å². The average Bonchev–Trinajstić information content (AvgIpc) is 3.10. The average molecular weight is 240 g/mol. The minimum absolute atomic E-state index is 0.884. The first-order valence-electron chi connectivity index (χ1n) is 6.96. The van der Waals surface area contributed by atoms with Crippen LogP contribution >= 0.6 is 0 Å². The highest BCUT2D eigenvalue weighted by atomic mass is 16.6. The van der Waals surface area contributed by atoms with Crippen molar-refractivity contribution in [2.75, 3.05) is 0 Å². The van der Waals surface area contributed by atoms with Gasteiger partial charge in [-0.15, -0.1) is 0 Å². The van der Waals surface area contributed by atoms with Crippen LogP contribution in [0.15, 0.2) is 0 Å². The van der Waals surface area contributed by atoms with Gasteiger partial charge in [-0.2, -0.15) is 0 Å². The predicted molar refractivity (Wildman–Crippen MR) is 66.2 cm³/mol. The van der Waals surface area contributed by atoms with E-state index in [0.717, 1.165) is 23.2 Å². The molecule has 3 fully saturated rings. The minimum Gasteiger partial charge on any atom is -0.450 e. The third kappa shape index (κ3) is 3.14. The van der Waals surface area contributed by atoms with Crippen molar-refractivity contribution in [2.24, 2.45) is 23.2 Å². The Kier molecular flexibility index (Phi) is 3.64. The summed E-state index contributed by atoms with van der Waals surface area (Å²) in [7, 11) is 0. The van der Waals surface area contributed by atoms with Gasteiger partial charge in [0.2, 0.25) is 0 Å². The highest BCUT2D eigenvalue weighted by Gasteiger charge is 2.55. The van der Waals surface area contributed by atoms with E-state index in [4.69, 9.17) is 15.0 Å². The number of hydrogen-bond donors (Lipinski definition) is 2. The van der Waals surface area contributed by atoms with E-state index in [1.165, 1.54) is 6.42 Å². The van der Waals surface area contributed by atoms with Crippen LogP contribution < -0.4 is 0 Å². The van der Waals surface area contributed by atoms with Crippen molar-refractivity contribution in [2.45, 2.75) is 58.3 Å². The Morgan fingerprint density at radius 1 is 1.12 bits per heavy atom. The zero-order valence-corrected chi connectivity index (χ0v) is 10.7. The molecule has 2 unspecified atom stereocenters. The molecular weight excluding hydrogens is 216 g/mol. The molecule has 0 amide bonds. The van der Waals surface area contributed by atoms with Crippen LogP contribution in [0, 0.1) is 23.2 Å². The standard InChI is InChI=1S/C13H22.CH2O3/c1-10-2-6-12(13(10)8-9-13)7-5-11-3-4-11;2-1(3)4/h10-12H,2-9H2,1H3;(H2,2,3,4). The van der Waals surface area contributed by atoms with Crippen LogP contribution in [0.4, 0.5) is 4.79 Å². The second-order valence-corrected chi connectivity index (χ2v) is 6.21. The van der Waals surface area contributed by atoms with Gasteiger partial charge >= 0.3 is 6.16 Å². The van der Waals surface area contributed by atoms with Gasteiger partial charge in [-0.3, -0.25) is 0 Å². The summed E-state index contributed by atoms with van der Waals surface area (Å²) in [6, 6.07) is 0. The van der Waals surface area contributed by atoms with Crippen LogP contribution in [0.25, 0.3) is 0 Å². The van der Waals surface area contributed by atoms with Gasteiger partial charge in [0.1, 0.15) is 0 Å². The van der Waals surface area contributed by atoms with Crippen LogP contribution in [-0.2, 0) is 0 Å². The quantitative estimate of drug-likeness (QED) is 0.776. The molecule has 3 rings (SSSR count). The molecule has 0 saturated heterocycles. The van der Waals surface area contributed by atoms with E-state index in [9.17, 15) is 0 Å². The first kappa shape index (κ1) is 12.7. The van der Waals surface area contributed by atoms with Crippen molar-refractivity contribution in [3.05, 3.63) is 0 Å². The van der Waals surface area contributed by atoms with Gasteiger partial charge in [0.25, 0.3) is 0 Å². The summed E-state index contributed by atoms with van der Waals surface area (Å²) < 4.78 is 0. The predicted octanol–water partition coefficient (Wildman–Crippen LogP) is 4.23. The molecule has 3 nitrogen and oxygen atoms in total. The van der Waals surface area contributed by atoms with E-state index in [0.29, 0.717) is 0 Å². The SMILES string of the molecule is CC1CCC(CCC2CC2)C12CC2.O=C(O)O. The van der Waals surface area contributed by atoms with Crippen molar-refractivity contribution in [1.29, 1.82) is 0 Å². The van der Waals surface area contributed by atoms with E-state index in [1.54, 1.807) is 44.9 Å². The lowest BCUT2D eigenvalue weighted by Gasteiger charge is -2.21. The molecule has 98 valence electrons. The highest BCUT2D eigenvalue weighted by molar-refractivity contribution is 5.53. The molecule has 0 aromatic carbocycles. The van der Waals surface area contributed by atoms with Crippen LogP contribution in [0.2, 0.25) is 0 Å². The molecule has 1 spiro atoms. The van der Waals surface area contributed by atoms with Crippen molar-refractivity contribution >= 4 is 6.16 Å². The van der Waals surface area contributed by atoms with Gasteiger partial charge in [0.05, 0.1) is 0 Å². The van der Waals surface area contributed by atoms with Gasteiger partial charge in [0, 0.05) is 0 Å². The zero-order valence-electron chi connectivity index (χ0n) is 10.7. The maximum absolute atomic E-state index is 8.56. The molecule has 0 bridgehead atoms. The Hall–Kier alpha value is -0.730. The lowest BCUT2D eigenvalue weighted by molar-refractivity contribution is 0.137. The monoisotopic (exact) mass is 240 g/mol. The summed E-state index contributed by atoms with van der Waals surface area (Å²) in [4.78, 5) is 8.56. The third-order valence-electron chi connectivity index (χ3n) is 5.19. The van der Waals surface area contributed by atoms with Crippen molar-refractivity contribution in [3.63, 3.8) is 0 Å². The number of carbonyl (C=O) groups is 1. The molecular formula is C14H24O3. The second-order valence-electron chi connectivity index (χ2n) is 6.21. The topological polar surface area (TPSA) is 57.5 Å². The Labute approximate surface area is 103 Å². The summed E-state index contributed by atoms with van der Waals surface area (Å²) in [5.74, 6) is 3.37. The summed E-state index contributed by atoms with van der Waals surface area (Å²) in [6.07, 6.45) is 10.7. The minimum atomic E-state index is -1.83. The third-order valence-corrected chi connectivity index (χ3v) is 5.19. The molecule has 0 aliphatic heterocycles. The molecule has 3 saturated carbocycles. The molecule has 3 aliphatic carbocycles. The normalized spacial score (nSPS) is 33.0. The maximum Gasteiger partial charge on any atom is 0.503 e. The fourth-order valence-corrected chi connectivity index (χ4v) is 3.75. The number of hydrogen-bond acceptors (Lipinski definition) is 1. The molecule has 0 heterocycles. The first-order valence-corrected chi connectivity index (χ1v) is 6.96. The largest absolute Gasteiger partial charge is 0.503 e. The molecule has 0 radical (unpaired) electrons. The maximum atomic E-state index is 8.56. The van der Waals surface area contributed by atoms with Crippen LogP contribution in [0.3, 0.4) is 0 Å². The van der Waals surface area contributed by atoms with Crippen LogP contribution in [0.5, 0.6) is 0 Å². The summed E-state index contributed by atoms with van der Waals surface area (Å²) in [5.41, 5.74) is 0.884.